The first-order valence-electron chi connectivity index (χ1n) is 6.24. The Morgan fingerprint density at radius 3 is 2.78 bits per heavy atom. The van der Waals surface area contributed by atoms with E-state index in [1.54, 1.807) is 12.1 Å². The Balaban J connectivity index is 1.75. The number of hydrogen-bond donors (Lipinski definition) is 2. The van der Waals surface area contributed by atoms with E-state index in [1.165, 1.54) is 6.26 Å². The van der Waals surface area contributed by atoms with Gasteiger partial charge in [0.2, 0.25) is 0 Å². The SMILES string of the molecule is O=C(NC1C2CCC(C2)C1C(=O)O)c1ccco1. The van der Waals surface area contributed by atoms with Gasteiger partial charge in [0.25, 0.3) is 5.91 Å². The molecule has 0 radical (unpaired) electrons. The van der Waals surface area contributed by atoms with Gasteiger partial charge in [-0.1, -0.05) is 0 Å². The fourth-order valence-corrected chi connectivity index (χ4v) is 3.48. The molecule has 1 heterocycles. The van der Waals surface area contributed by atoms with Gasteiger partial charge in [-0.05, 0) is 43.2 Å². The second-order valence-corrected chi connectivity index (χ2v) is 5.17. The number of rotatable bonds is 3. The van der Waals surface area contributed by atoms with Crippen LogP contribution in [0.4, 0.5) is 0 Å². The third-order valence-corrected chi connectivity index (χ3v) is 4.24. The molecule has 4 unspecified atom stereocenters. The highest BCUT2D eigenvalue weighted by atomic mass is 16.4. The van der Waals surface area contributed by atoms with Crippen molar-refractivity contribution in [2.75, 3.05) is 0 Å². The van der Waals surface area contributed by atoms with Crippen molar-refractivity contribution < 1.29 is 19.1 Å². The van der Waals surface area contributed by atoms with E-state index >= 15 is 0 Å². The molecular formula is C13H15NO4. The number of fused-ring (bicyclic) bond motifs is 2. The predicted molar refractivity (Wildman–Crippen MR) is 61.9 cm³/mol. The van der Waals surface area contributed by atoms with E-state index in [9.17, 15) is 14.7 Å². The second kappa shape index (κ2) is 4.15. The van der Waals surface area contributed by atoms with E-state index in [0.29, 0.717) is 5.92 Å². The van der Waals surface area contributed by atoms with Gasteiger partial charge < -0.3 is 14.8 Å². The first kappa shape index (κ1) is 11.3. The summed E-state index contributed by atoms with van der Waals surface area (Å²) in [6.07, 6.45) is 4.33. The third-order valence-electron chi connectivity index (χ3n) is 4.24. The summed E-state index contributed by atoms with van der Waals surface area (Å²) in [5.74, 6) is -0.801. The largest absolute Gasteiger partial charge is 0.481 e. The van der Waals surface area contributed by atoms with Crippen LogP contribution in [0.1, 0.15) is 29.8 Å². The molecular weight excluding hydrogens is 234 g/mol. The summed E-state index contributed by atoms with van der Waals surface area (Å²) < 4.78 is 5.02. The molecule has 5 heteroatoms. The van der Waals surface area contributed by atoms with Crippen LogP contribution in [0.5, 0.6) is 0 Å². The smallest absolute Gasteiger partial charge is 0.308 e. The van der Waals surface area contributed by atoms with E-state index in [-0.39, 0.29) is 23.6 Å². The summed E-state index contributed by atoms with van der Waals surface area (Å²) in [5, 5.41) is 12.1. The normalized spacial score (nSPS) is 33.6. The summed E-state index contributed by atoms with van der Waals surface area (Å²) in [7, 11) is 0. The van der Waals surface area contributed by atoms with Gasteiger partial charge in [-0.15, -0.1) is 0 Å². The molecule has 0 aliphatic heterocycles. The number of amides is 1. The molecule has 2 fully saturated rings. The second-order valence-electron chi connectivity index (χ2n) is 5.17. The number of aliphatic carboxylic acids is 1. The highest BCUT2D eigenvalue weighted by Crippen LogP contribution is 2.48. The fourth-order valence-electron chi connectivity index (χ4n) is 3.48. The zero-order valence-electron chi connectivity index (χ0n) is 9.83. The Labute approximate surface area is 104 Å². The van der Waals surface area contributed by atoms with E-state index in [2.05, 4.69) is 5.32 Å². The van der Waals surface area contributed by atoms with Gasteiger partial charge in [-0.2, -0.15) is 0 Å². The lowest BCUT2D eigenvalue weighted by atomic mass is 9.84. The molecule has 5 nitrogen and oxygen atoms in total. The van der Waals surface area contributed by atoms with Crippen molar-refractivity contribution >= 4 is 11.9 Å². The Hall–Kier alpha value is -1.78. The van der Waals surface area contributed by atoms with Crippen molar-refractivity contribution in [3.8, 4) is 0 Å². The van der Waals surface area contributed by atoms with Crippen LogP contribution >= 0.6 is 0 Å². The Morgan fingerprint density at radius 2 is 2.11 bits per heavy atom. The molecule has 1 aromatic heterocycles. The Kier molecular flexibility index (Phi) is 2.61. The molecule has 1 amide bonds. The summed E-state index contributed by atoms with van der Waals surface area (Å²) in [5.41, 5.74) is 0. The molecule has 1 aromatic rings. The van der Waals surface area contributed by atoms with Crippen molar-refractivity contribution in [1.29, 1.82) is 0 Å². The number of carboxylic acids is 1. The monoisotopic (exact) mass is 249 g/mol. The van der Waals surface area contributed by atoms with Gasteiger partial charge in [-0.25, -0.2) is 0 Å². The maximum atomic E-state index is 11.9. The highest BCUT2D eigenvalue weighted by molar-refractivity contribution is 5.92. The van der Waals surface area contributed by atoms with Crippen molar-refractivity contribution in [3.63, 3.8) is 0 Å². The fraction of sp³-hybridized carbons (Fsp3) is 0.538. The molecule has 4 atom stereocenters. The molecule has 0 saturated heterocycles. The first-order chi connectivity index (χ1) is 8.66. The number of nitrogens with one attached hydrogen (secondary N) is 1. The van der Waals surface area contributed by atoms with E-state index in [1.807, 2.05) is 0 Å². The molecule has 0 spiro atoms. The zero-order chi connectivity index (χ0) is 12.7. The van der Waals surface area contributed by atoms with Crippen LogP contribution in [0, 0.1) is 17.8 Å². The topological polar surface area (TPSA) is 79.5 Å². The Morgan fingerprint density at radius 1 is 1.33 bits per heavy atom. The van der Waals surface area contributed by atoms with E-state index < -0.39 is 11.9 Å². The third kappa shape index (κ3) is 1.70. The molecule has 2 saturated carbocycles. The molecule has 2 bridgehead atoms. The standard InChI is InChI=1S/C13H15NO4/c15-12(9-2-1-5-18-9)14-11-8-4-3-7(6-8)10(11)13(16)17/h1-2,5,7-8,10-11H,3-4,6H2,(H,14,15)(H,16,17). The van der Waals surface area contributed by atoms with Gasteiger partial charge in [0, 0.05) is 6.04 Å². The average molecular weight is 249 g/mol. The van der Waals surface area contributed by atoms with Gasteiger partial charge in [0.1, 0.15) is 0 Å². The Bertz CT molecular complexity index is 467. The van der Waals surface area contributed by atoms with Crippen molar-refractivity contribution in [3.05, 3.63) is 24.2 Å². The average Bonchev–Trinajstić information content (AvgIpc) is 3.05. The van der Waals surface area contributed by atoms with Crippen molar-refractivity contribution in [1.82, 2.24) is 5.32 Å². The highest BCUT2D eigenvalue weighted by Gasteiger charge is 2.51. The molecule has 2 N–H and O–H groups in total. The lowest BCUT2D eigenvalue weighted by molar-refractivity contribution is -0.144. The van der Waals surface area contributed by atoms with E-state index in [0.717, 1.165) is 19.3 Å². The molecule has 96 valence electrons. The summed E-state index contributed by atoms with van der Waals surface area (Å²) in [6.45, 7) is 0. The number of hydrogen-bond acceptors (Lipinski definition) is 3. The number of carbonyl (C=O) groups excluding carboxylic acids is 1. The van der Waals surface area contributed by atoms with Gasteiger partial charge in [-0.3, -0.25) is 9.59 Å². The van der Waals surface area contributed by atoms with E-state index in [4.69, 9.17) is 4.42 Å². The number of carboxylic acid groups (broad SMARTS) is 1. The van der Waals surface area contributed by atoms with Crippen LogP contribution < -0.4 is 5.32 Å². The van der Waals surface area contributed by atoms with Crippen LogP contribution in [0.25, 0.3) is 0 Å². The quantitative estimate of drug-likeness (QED) is 0.851. The molecule has 18 heavy (non-hydrogen) atoms. The summed E-state index contributed by atoms with van der Waals surface area (Å²) >= 11 is 0. The van der Waals surface area contributed by atoms with Crippen LogP contribution in [0.2, 0.25) is 0 Å². The maximum absolute atomic E-state index is 11.9. The lowest BCUT2D eigenvalue weighted by Gasteiger charge is -2.28. The molecule has 2 aliphatic carbocycles. The number of carbonyl (C=O) groups is 2. The van der Waals surface area contributed by atoms with Crippen LogP contribution in [0.3, 0.4) is 0 Å². The van der Waals surface area contributed by atoms with Gasteiger partial charge >= 0.3 is 5.97 Å². The predicted octanol–water partition coefficient (Wildman–Crippen LogP) is 1.51. The molecule has 2 aliphatic rings. The maximum Gasteiger partial charge on any atom is 0.308 e. The first-order valence-corrected chi connectivity index (χ1v) is 6.24. The minimum absolute atomic E-state index is 0.217. The van der Waals surface area contributed by atoms with Crippen molar-refractivity contribution in [2.45, 2.75) is 25.3 Å². The van der Waals surface area contributed by atoms with Crippen molar-refractivity contribution in [2.24, 2.45) is 17.8 Å². The molecule has 3 rings (SSSR count). The van der Waals surface area contributed by atoms with Gasteiger partial charge in [0.05, 0.1) is 12.2 Å². The van der Waals surface area contributed by atoms with Gasteiger partial charge in [0.15, 0.2) is 5.76 Å². The minimum atomic E-state index is -0.799. The van der Waals surface area contributed by atoms with Crippen LogP contribution in [0.15, 0.2) is 22.8 Å². The summed E-state index contributed by atoms with van der Waals surface area (Å²) in [6, 6.07) is 2.97. The zero-order valence-corrected chi connectivity index (χ0v) is 9.83. The van der Waals surface area contributed by atoms with Crippen LogP contribution in [-0.2, 0) is 4.79 Å². The molecule has 0 aromatic carbocycles. The van der Waals surface area contributed by atoms with Crippen LogP contribution in [-0.4, -0.2) is 23.0 Å². The summed E-state index contributed by atoms with van der Waals surface area (Å²) in [4.78, 5) is 23.2. The minimum Gasteiger partial charge on any atom is -0.481 e. The number of furan rings is 1. The lowest BCUT2D eigenvalue weighted by Crippen LogP contribution is -2.46.